The summed E-state index contributed by atoms with van der Waals surface area (Å²) in [6.07, 6.45) is 0.539. The number of aryl methyl sites for hydroxylation is 1. The van der Waals surface area contributed by atoms with Crippen LogP contribution in [0.3, 0.4) is 0 Å². The van der Waals surface area contributed by atoms with Crippen LogP contribution in [-0.2, 0) is 11.2 Å². The van der Waals surface area contributed by atoms with Gasteiger partial charge in [0, 0.05) is 19.6 Å². The molecule has 1 fully saturated rings. The molecule has 180 valence electrons. The van der Waals surface area contributed by atoms with Gasteiger partial charge in [0.2, 0.25) is 5.88 Å². The molecular formula is C23H32FN5O3S. The first-order valence-corrected chi connectivity index (χ1v) is 12.6. The molecule has 0 saturated carbocycles. The second-order valence-corrected chi connectivity index (χ2v) is 10.5. The molecule has 0 aliphatic carbocycles. The number of aromatic nitrogens is 3. The van der Waals surface area contributed by atoms with Crippen molar-refractivity contribution < 1.29 is 18.7 Å². The Balaban J connectivity index is 1.81. The maximum atomic E-state index is 15.4. The standard InChI is InChI=1S/C23H32FN5O3S/c1-7-13-17(24)18-16-19(27-21(26-18)33-9-3)29-11-10-28(22(30)32-23(4,5)6)12-14(29)15(8-2)31-20(16)25-13/h14-15H,7-12H2,1-6H3. The molecule has 33 heavy (non-hydrogen) atoms. The molecule has 8 nitrogen and oxygen atoms in total. The van der Waals surface area contributed by atoms with E-state index in [0.717, 1.165) is 5.75 Å². The van der Waals surface area contributed by atoms with Gasteiger partial charge in [-0.05, 0) is 39.4 Å². The number of piperazine rings is 1. The lowest BCUT2D eigenvalue weighted by molar-refractivity contribution is 0.0165. The SMILES string of the molecule is CCSc1nc2c3c(nc(CC)c(F)c3n1)OC(CC)C1CN(C(=O)OC(C)(C)C)CCN21. The molecule has 0 N–H and O–H groups in total. The Labute approximate surface area is 198 Å². The summed E-state index contributed by atoms with van der Waals surface area (Å²) in [7, 11) is 0. The van der Waals surface area contributed by atoms with Crippen LogP contribution in [0.4, 0.5) is 15.0 Å². The van der Waals surface area contributed by atoms with Crippen LogP contribution >= 0.6 is 11.8 Å². The molecule has 2 aromatic heterocycles. The molecule has 4 heterocycles. The highest BCUT2D eigenvalue weighted by Gasteiger charge is 2.41. The van der Waals surface area contributed by atoms with E-state index in [2.05, 4.69) is 14.9 Å². The Bertz CT molecular complexity index is 1060. The average molecular weight is 478 g/mol. The first-order valence-electron chi connectivity index (χ1n) is 11.6. The van der Waals surface area contributed by atoms with E-state index >= 15 is 4.39 Å². The van der Waals surface area contributed by atoms with Crippen LogP contribution in [0.5, 0.6) is 5.88 Å². The van der Waals surface area contributed by atoms with E-state index in [1.807, 2.05) is 41.5 Å². The number of nitrogens with zero attached hydrogens (tertiary/aromatic N) is 5. The molecule has 2 aliphatic heterocycles. The minimum absolute atomic E-state index is 0.170. The number of rotatable bonds is 4. The molecule has 1 saturated heterocycles. The number of ether oxygens (including phenoxy) is 2. The van der Waals surface area contributed by atoms with Crippen LogP contribution in [0.25, 0.3) is 10.9 Å². The number of fused-ring (bicyclic) bond motifs is 2. The summed E-state index contributed by atoms with van der Waals surface area (Å²) in [6, 6.07) is -0.170. The smallest absolute Gasteiger partial charge is 0.410 e. The Hall–Kier alpha value is -2.36. The van der Waals surface area contributed by atoms with E-state index in [4.69, 9.17) is 14.5 Å². The Morgan fingerprint density at radius 1 is 1.21 bits per heavy atom. The third kappa shape index (κ3) is 4.54. The second kappa shape index (κ2) is 9.12. The minimum atomic E-state index is -0.572. The topological polar surface area (TPSA) is 80.7 Å². The molecule has 10 heteroatoms. The normalized spacial score (nSPS) is 20.3. The fourth-order valence-electron chi connectivity index (χ4n) is 4.33. The highest BCUT2D eigenvalue weighted by atomic mass is 32.2. The van der Waals surface area contributed by atoms with Crippen molar-refractivity contribution in [2.24, 2.45) is 0 Å². The Morgan fingerprint density at radius 2 is 1.97 bits per heavy atom. The molecule has 2 unspecified atom stereocenters. The van der Waals surface area contributed by atoms with Crippen molar-refractivity contribution in [1.82, 2.24) is 19.9 Å². The zero-order valence-electron chi connectivity index (χ0n) is 20.1. The lowest BCUT2D eigenvalue weighted by atomic mass is 10.0. The number of anilines is 1. The van der Waals surface area contributed by atoms with Gasteiger partial charge in [0.15, 0.2) is 11.0 Å². The van der Waals surface area contributed by atoms with Gasteiger partial charge in [-0.3, -0.25) is 0 Å². The lowest BCUT2D eigenvalue weighted by Gasteiger charge is -2.43. The fourth-order valence-corrected chi connectivity index (χ4v) is 4.90. The molecular weight excluding hydrogens is 445 g/mol. The zero-order chi connectivity index (χ0) is 23.9. The van der Waals surface area contributed by atoms with Gasteiger partial charge in [0.25, 0.3) is 0 Å². The van der Waals surface area contributed by atoms with E-state index in [0.29, 0.717) is 60.4 Å². The third-order valence-corrected chi connectivity index (χ3v) is 6.56. The monoisotopic (exact) mass is 477 g/mol. The third-order valence-electron chi connectivity index (χ3n) is 5.83. The highest BCUT2D eigenvalue weighted by molar-refractivity contribution is 7.99. The van der Waals surface area contributed by atoms with Gasteiger partial charge in [-0.15, -0.1) is 0 Å². The van der Waals surface area contributed by atoms with Gasteiger partial charge in [-0.25, -0.2) is 24.1 Å². The van der Waals surface area contributed by atoms with Crippen molar-refractivity contribution in [3.8, 4) is 5.88 Å². The van der Waals surface area contributed by atoms with Gasteiger partial charge in [-0.2, -0.15) is 0 Å². The van der Waals surface area contributed by atoms with Crippen LogP contribution in [-0.4, -0.2) is 69.1 Å². The van der Waals surface area contributed by atoms with E-state index in [1.165, 1.54) is 11.8 Å². The van der Waals surface area contributed by atoms with E-state index in [-0.39, 0.29) is 23.8 Å². The molecule has 4 rings (SSSR count). The number of pyridine rings is 1. The molecule has 0 spiro atoms. The molecule has 0 radical (unpaired) electrons. The maximum Gasteiger partial charge on any atom is 0.410 e. The van der Waals surface area contributed by atoms with Gasteiger partial charge < -0.3 is 19.3 Å². The molecule has 2 atom stereocenters. The van der Waals surface area contributed by atoms with Gasteiger partial charge in [-0.1, -0.05) is 32.5 Å². The minimum Gasteiger partial charge on any atom is -0.472 e. The van der Waals surface area contributed by atoms with Crippen molar-refractivity contribution in [3.63, 3.8) is 0 Å². The number of amides is 1. The molecule has 1 amide bonds. The van der Waals surface area contributed by atoms with Crippen molar-refractivity contribution in [3.05, 3.63) is 11.5 Å². The maximum absolute atomic E-state index is 15.4. The van der Waals surface area contributed by atoms with Crippen LogP contribution in [0, 0.1) is 5.82 Å². The number of hydrogen-bond donors (Lipinski definition) is 0. The summed E-state index contributed by atoms with van der Waals surface area (Å²) in [5, 5.41) is 1.04. The van der Waals surface area contributed by atoms with Crippen molar-refractivity contribution in [2.75, 3.05) is 30.3 Å². The summed E-state index contributed by atoms with van der Waals surface area (Å²) in [5.74, 6) is 1.36. The summed E-state index contributed by atoms with van der Waals surface area (Å²) in [4.78, 5) is 30.5. The Kier molecular flexibility index (Phi) is 6.57. The molecule has 0 aromatic carbocycles. The summed E-state index contributed by atoms with van der Waals surface area (Å²) in [5.41, 5.74) is 0.0140. The first kappa shape index (κ1) is 23.8. The number of carbonyl (C=O) groups is 1. The van der Waals surface area contributed by atoms with E-state index in [9.17, 15) is 4.79 Å². The highest BCUT2D eigenvalue weighted by Crippen LogP contribution is 2.41. The fraction of sp³-hybridized carbons (Fsp3) is 0.652. The summed E-state index contributed by atoms with van der Waals surface area (Å²) < 4.78 is 27.4. The van der Waals surface area contributed by atoms with Crippen molar-refractivity contribution >= 4 is 34.6 Å². The average Bonchev–Trinajstić information content (AvgIpc) is 2.89. The predicted molar refractivity (Wildman–Crippen MR) is 127 cm³/mol. The quantitative estimate of drug-likeness (QED) is 0.472. The first-order chi connectivity index (χ1) is 15.7. The second-order valence-electron chi connectivity index (χ2n) is 9.27. The van der Waals surface area contributed by atoms with Gasteiger partial charge in [0.05, 0.1) is 11.7 Å². The summed E-state index contributed by atoms with van der Waals surface area (Å²) >= 11 is 1.47. The van der Waals surface area contributed by atoms with Crippen LogP contribution in [0.1, 0.15) is 53.7 Å². The Morgan fingerprint density at radius 3 is 2.61 bits per heavy atom. The van der Waals surface area contributed by atoms with E-state index < -0.39 is 11.4 Å². The zero-order valence-corrected chi connectivity index (χ0v) is 21.0. The van der Waals surface area contributed by atoms with Crippen molar-refractivity contribution in [2.45, 2.75) is 77.3 Å². The van der Waals surface area contributed by atoms with E-state index in [1.54, 1.807) is 4.90 Å². The summed E-state index contributed by atoms with van der Waals surface area (Å²) in [6.45, 7) is 12.9. The van der Waals surface area contributed by atoms with Gasteiger partial charge >= 0.3 is 6.09 Å². The molecule has 2 aliphatic rings. The lowest BCUT2D eigenvalue weighted by Crippen LogP contribution is -2.60. The number of carbonyl (C=O) groups excluding carboxylic acids is 1. The number of hydrogen-bond acceptors (Lipinski definition) is 8. The van der Waals surface area contributed by atoms with Crippen LogP contribution in [0.15, 0.2) is 5.16 Å². The van der Waals surface area contributed by atoms with Gasteiger partial charge in [0.1, 0.15) is 28.4 Å². The van der Waals surface area contributed by atoms with Crippen LogP contribution in [0.2, 0.25) is 0 Å². The van der Waals surface area contributed by atoms with Crippen molar-refractivity contribution in [1.29, 1.82) is 0 Å². The number of thioether (sulfide) groups is 1. The van der Waals surface area contributed by atoms with Crippen LogP contribution < -0.4 is 9.64 Å². The number of halogens is 1. The predicted octanol–water partition coefficient (Wildman–Crippen LogP) is 4.44. The molecule has 0 bridgehead atoms. The molecule has 2 aromatic rings. The largest absolute Gasteiger partial charge is 0.472 e.